The van der Waals surface area contributed by atoms with Crippen molar-refractivity contribution in [1.82, 2.24) is 10.2 Å². The van der Waals surface area contributed by atoms with Crippen LogP contribution in [0.15, 0.2) is 18.2 Å². The molecule has 1 fully saturated rings. The average Bonchev–Trinajstić information content (AvgIpc) is 2.52. The van der Waals surface area contributed by atoms with Crippen molar-refractivity contribution in [3.8, 4) is 0 Å². The second-order valence-electron chi connectivity index (χ2n) is 5.47. The molecule has 5 nitrogen and oxygen atoms in total. The maximum Gasteiger partial charge on any atom is 0.319 e. The summed E-state index contributed by atoms with van der Waals surface area (Å²) in [6.07, 6.45) is 2.06. The van der Waals surface area contributed by atoms with Crippen LogP contribution >= 0.6 is 0 Å². The van der Waals surface area contributed by atoms with Crippen LogP contribution in [0.4, 0.5) is 19.3 Å². The molecule has 0 aromatic heterocycles. The molecule has 1 aliphatic rings. The molecule has 1 aliphatic heterocycles. The molecule has 3 N–H and O–H groups in total. The van der Waals surface area contributed by atoms with Crippen LogP contribution in [0.5, 0.6) is 0 Å². The number of aliphatic hydroxyl groups is 1. The molecular weight excluding hydrogens is 292 g/mol. The summed E-state index contributed by atoms with van der Waals surface area (Å²) >= 11 is 0. The minimum atomic E-state index is -1.07. The van der Waals surface area contributed by atoms with Gasteiger partial charge < -0.3 is 20.6 Å². The zero-order valence-electron chi connectivity index (χ0n) is 12.3. The molecule has 0 bridgehead atoms. The van der Waals surface area contributed by atoms with Crippen LogP contribution in [-0.4, -0.2) is 48.8 Å². The van der Waals surface area contributed by atoms with Crippen LogP contribution in [0, 0.1) is 17.6 Å². The van der Waals surface area contributed by atoms with E-state index >= 15 is 0 Å². The molecule has 1 aromatic carbocycles. The molecule has 0 saturated carbocycles. The van der Waals surface area contributed by atoms with Gasteiger partial charge in [-0.3, -0.25) is 0 Å². The first-order valence-electron chi connectivity index (χ1n) is 7.42. The molecule has 1 saturated heterocycles. The molecule has 0 spiro atoms. The molecule has 1 heterocycles. The predicted molar refractivity (Wildman–Crippen MR) is 79.6 cm³/mol. The molecule has 0 aliphatic carbocycles. The number of anilines is 1. The van der Waals surface area contributed by atoms with E-state index in [4.69, 9.17) is 5.11 Å². The van der Waals surface area contributed by atoms with Crippen molar-refractivity contribution in [3.63, 3.8) is 0 Å². The minimum Gasteiger partial charge on any atom is -0.396 e. The van der Waals surface area contributed by atoms with E-state index in [1.54, 1.807) is 0 Å². The van der Waals surface area contributed by atoms with E-state index in [1.165, 1.54) is 12.1 Å². The number of carbonyl (C=O) groups excluding carboxylic acids is 1. The van der Waals surface area contributed by atoms with Crippen LogP contribution in [-0.2, 0) is 0 Å². The lowest BCUT2D eigenvalue weighted by Gasteiger charge is -2.31. The van der Waals surface area contributed by atoms with Gasteiger partial charge in [-0.15, -0.1) is 0 Å². The first-order chi connectivity index (χ1) is 10.6. The summed E-state index contributed by atoms with van der Waals surface area (Å²) in [5, 5.41) is 14.1. The van der Waals surface area contributed by atoms with Crippen LogP contribution < -0.4 is 10.6 Å². The van der Waals surface area contributed by atoms with Crippen LogP contribution in [0.2, 0.25) is 0 Å². The Bertz CT molecular complexity index is 514. The van der Waals surface area contributed by atoms with Gasteiger partial charge in [-0.25, -0.2) is 13.6 Å². The highest BCUT2D eigenvalue weighted by molar-refractivity contribution is 5.89. The number of nitrogens with one attached hydrogen (secondary N) is 2. The number of hydrogen-bond acceptors (Lipinski definition) is 3. The third kappa shape index (κ3) is 4.64. The zero-order valence-corrected chi connectivity index (χ0v) is 12.3. The highest BCUT2D eigenvalue weighted by Gasteiger charge is 2.18. The number of benzene rings is 1. The van der Waals surface area contributed by atoms with Crippen molar-refractivity contribution >= 4 is 11.7 Å². The lowest BCUT2D eigenvalue weighted by atomic mass is 9.99. The standard InChI is InChI=1S/C15H21F2N3O2/c16-12-4-1-5-13(14(12)17)19-15(22)18-6-8-20-7-2-3-11(9-20)10-21/h1,4-5,11,21H,2-3,6-10H2,(H2,18,19,22)/t11-/m1/s1. The number of hydrogen-bond donors (Lipinski definition) is 3. The van der Waals surface area contributed by atoms with Gasteiger partial charge in [0.15, 0.2) is 11.6 Å². The summed E-state index contributed by atoms with van der Waals surface area (Å²) in [5.74, 6) is -1.77. The topological polar surface area (TPSA) is 64.6 Å². The first kappa shape index (κ1) is 16.6. The van der Waals surface area contributed by atoms with Gasteiger partial charge in [-0.05, 0) is 37.4 Å². The lowest BCUT2D eigenvalue weighted by molar-refractivity contribution is 0.121. The second kappa shape index (κ2) is 8.05. The summed E-state index contributed by atoms with van der Waals surface area (Å²) in [7, 11) is 0. The number of halogens is 2. The van der Waals surface area contributed by atoms with Gasteiger partial charge in [0.25, 0.3) is 0 Å². The van der Waals surface area contributed by atoms with Gasteiger partial charge in [-0.2, -0.15) is 0 Å². The van der Waals surface area contributed by atoms with E-state index in [9.17, 15) is 13.6 Å². The van der Waals surface area contributed by atoms with E-state index in [0.29, 0.717) is 19.0 Å². The third-order valence-corrected chi connectivity index (χ3v) is 3.77. The molecule has 122 valence electrons. The molecular formula is C15H21F2N3O2. The zero-order chi connectivity index (χ0) is 15.9. The van der Waals surface area contributed by atoms with Gasteiger partial charge in [0.05, 0.1) is 5.69 Å². The predicted octanol–water partition coefficient (Wildman–Crippen LogP) is 1.79. The maximum absolute atomic E-state index is 13.4. The van der Waals surface area contributed by atoms with Crippen molar-refractivity contribution in [2.45, 2.75) is 12.8 Å². The van der Waals surface area contributed by atoms with Crippen molar-refractivity contribution in [1.29, 1.82) is 0 Å². The fourth-order valence-electron chi connectivity index (χ4n) is 2.60. The maximum atomic E-state index is 13.4. The molecule has 22 heavy (non-hydrogen) atoms. The van der Waals surface area contributed by atoms with Gasteiger partial charge >= 0.3 is 6.03 Å². The quantitative estimate of drug-likeness (QED) is 0.776. The highest BCUT2D eigenvalue weighted by Crippen LogP contribution is 2.16. The SMILES string of the molecule is O=C(NCCN1CCC[C@@H](CO)C1)Nc1cccc(F)c1F. The van der Waals surface area contributed by atoms with E-state index in [0.717, 1.165) is 32.0 Å². The van der Waals surface area contributed by atoms with Gasteiger partial charge in [0.2, 0.25) is 0 Å². The minimum absolute atomic E-state index is 0.184. The van der Waals surface area contributed by atoms with Gasteiger partial charge in [-0.1, -0.05) is 6.07 Å². The van der Waals surface area contributed by atoms with Crippen LogP contribution in [0.1, 0.15) is 12.8 Å². The summed E-state index contributed by atoms with van der Waals surface area (Å²) in [4.78, 5) is 13.8. The average molecular weight is 313 g/mol. The summed E-state index contributed by atoms with van der Waals surface area (Å²) in [5.41, 5.74) is -0.184. The monoisotopic (exact) mass is 313 g/mol. The molecule has 1 aromatic rings. The number of urea groups is 1. The Morgan fingerprint density at radius 3 is 3.00 bits per heavy atom. The Morgan fingerprint density at radius 1 is 1.41 bits per heavy atom. The lowest BCUT2D eigenvalue weighted by Crippen LogP contribution is -2.42. The summed E-state index contributed by atoms with van der Waals surface area (Å²) in [6, 6.07) is 3.05. The van der Waals surface area contributed by atoms with Crippen molar-refractivity contribution in [3.05, 3.63) is 29.8 Å². The number of nitrogens with zero attached hydrogens (tertiary/aromatic N) is 1. The number of carbonyl (C=O) groups is 1. The molecule has 0 unspecified atom stereocenters. The highest BCUT2D eigenvalue weighted by atomic mass is 19.2. The fraction of sp³-hybridized carbons (Fsp3) is 0.533. The summed E-state index contributed by atoms with van der Waals surface area (Å²) < 4.78 is 26.4. The number of rotatable bonds is 5. The Morgan fingerprint density at radius 2 is 2.23 bits per heavy atom. The smallest absolute Gasteiger partial charge is 0.319 e. The Kier molecular flexibility index (Phi) is 6.09. The van der Waals surface area contributed by atoms with E-state index in [1.807, 2.05) is 0 Å². The molecule has 7 heteroatoms. The fourth-order valence-corrected chi connectivity index (χ4v) is 2.60. The Hall–Kier alpha value is -1.73. The number of amides is 2. The second-order valence-corrected chi connectivity index (χ2v) is 5.47. The number of piperidine rings is 1. The molecule has 1 atom stereocenters. The van der Waals surface area contributed by atoms with E-state index in [2.05, 4.69) is 15.5 Å². The van der Waals surface area contributed by atoms with E-state index < -0.39 is 17.7 Å². The van der Waals surface area contributed by atoms with Crippen molar-refractivity contribution in [2.24, 2.45) is 5.92 Å². The molecule has 0 radical (unpaired) electrons. The number of likely N-dealkylation sites (tertiary alicyclic amines) is 1. The molecule has 2 amide bonds. The first-order valence-corrected chi connectivity index (χ1v) is 7.42. The van der Waals surface area contributed by atoms with Crippen LogP contribution in [0.3, 0.4) is 0 Å². The summed E-state index contributed by atoms with van der Waals surface area (Å²) in [6.45, 7) is 3.01. The van der Waals surface area contributed by atoms with E-state index in [-0.39, 0.29) is 12.3 Å². The Balaban J connectivity index is 1.73. The number of aliphatic hydroxyl groups excluding tert-OH is 1. The van der Waals surface area contributed by atoms with Gasteiger partial charge in [0.1, 0.15) is 0 Å². The Labute approximate surface area is 128 Å². The largest absolute Gasteiger partial charge is 0.396 e. The van der Waals surface area contributed by atoms with Gasteiger partial charge in [0, 0.05) is 26.2 Å². The van der Waals surface area contributed by atoms with Crippen molar-refractivity contribution in [2.75, 3.05) is 38.1 Å². The normalized spacial score (nSPS) is 19.0. The third-order valence-electron chi connectivity index (χ3n) is 3.77. The van der Waals surface area contributed by atoms with Crippen LogP contribution in [0.25, 0.3) is 0 Å². The molecule has 2 rings (SSSR count). The van der Waals surface area contributed by atoms with Crippen molar-refractivity contribution < 1.29 is 18.7 Å².